The average Bonchev–Trinajstić information content (AvgIpc) is 2.76. The van der Waals surface area contributed by atoms with Crippen LogP contribution in [-0.2, 0) is 13.5 Å². The van der Waals surface area contributed by atoms with Crippen molar-refractivity contribution in [3.8, 4) is 0 Å². The molecular weight excluding hydrogens is 248 g/mol. The Hall–Kier alpha value is -2.42. The first kappa shape index (κ1) is 12.6. The smallest absolute Gasteiger partial charge is 0.160 e. The third kappa shape index (κ3) is 2.11. The molecule has 1 aromatic heterocycles. The van der Waals surface area contributed by atoms with Gasteiger partial charge in [-0.2, -0.15) is 0 Å². The molecule has 0 saturated heterocycles. The Morgan fingerprint density at radius 3 is 2.55 bits per heavy atom. The second kappa shape index (κ2) is 4.93. The van der Waals surface area contributed by atoms with Crippen molar-refractivity contribution >= 4 is 16.8 Å². The van der Waals surface area contributed by atoms with Crippen LogP contribution in [0.25, 0.3) is 11.0 Å². The number of aryl methyl sites for hydroxylation is 1. The summed E-state index contributed by atoms with van der Waals surface area (Å²) >= 11 is 0. The van der Waals surface area contributed by atoms with Gasteiger partial charge in [-0.25, -0.2) is 4.98 Å². The first-order chi connectivity index (χ1) is 9.66. The Morgan fingerprint density at radius 1 is 1.10 bits per heavy atom. The van der Waals surface area contributed by atoms with Crippen LogP contribution in [0.3, 0.4) is 0 Å². The fourth-order valence-corrected chi connectivity index (χ4v) is 2.54. The number of carbonyl (C=O) groups is 1. The van der Waals surface area contributed by atoms with E-state index in [-0.39, 0.29) is 5.78 Å². The maximum Gasteiger partial charge on any atom is 0.160 e. The van der Waals surface area contributed by atoms with Crippen molar-refractivity contribution in [1.82, 2.24) is 9.55 Å². The van der Waals surface area contributed by atoms with Crippen LogP contribution >= 0.6 is 0 Å². The SMILES string of the molecule is CC(=O)c1ccccc1Cc1nc2ccccc2n1C. The number of rotatable bonds is 3. The van der Waals surface area contributed by atoms with Gasteiger partial charge < -0.3 is 4.57 Å². The maximum absolute atomic E-state index is 11.7. The highest BCUT2D eigenvalue weighted by Gasteiger charge is 2.11. The largest absolute Gasteiger partial charge is 0.331 e. The lowest BCUT2D eigenvalue weighted by molar-refractivity contribution is 0.101. The fourth-order valence-electron chi connectivity index (χ4n) is 2.54. The number of fused-ring (bicyclic) bond motifs is 1. The molecule has 3 aromatic rings. The van der Waals surface area contributed by atoms with Crippen molar-refractivity contribution < 1.29 is 4.79 Å². The van der Waals surface area contributed by atoms with Crippen LogP contribution in [0.4, 0.5) is 0 Å². The average molecular weight is 264 g/mol. The van der Waals surface area contributed by atoms with E-state index in [1.807, 2.05) is 49.5 Å². The van der Waals surface area contributed by atoms with E-state index in [0.29, 0.717) is 6.42 Å². The van der Waals surface area contributed by atoms with Gasteiger partial charge in [-0.3, -0.25) is 4.79 Å². The molecule has 0 radical (unpaired) electrons. The Kier molecular flexibility index (Phi) is 3.11. The topological polar surface area (TPSA) is 34.9 Å². The summed E-state index contributed by atoms with van der Waals surface area (Å²) in [6, 6.07) is 15.8. The van der Waals surface area contributed by atoms with Crippen LogP contribution in [0.2, 0.25) is 0 Å². The molecule has 0 saturated carbocycles. The van der Waals surface area contributed by atoms with Gasteiger partial charge in [0.25, 0.3) is 0 Å². The Bertz CT molecular complexity index is 787. The van der Waals surface area contributed by atoms with Gasteiger partial charge in [0.05, 0.1) is 11.0 Å². The first-order valence-electron chi connectivity index (χ1n) is 6.66. The van der Waals surface area contributed by atoms with Crippen molar-refractivity contribution in [3.63, 3.8) is 0 Å². The molecule has 0 bridgehead atoms. The van der Waals surface area contributed by atoms with Crippen LogP contribution in [0.1, 0.15) is 28.7 Å². The van der Waals surface area contributed by atoms with Gasteiger partial charge in [0.15, 0.2) is 5.78 Å². The number of carbonyl (C=O) groups excluding carboxylic acids is 1. The number of ketones is 1. The van der Waals surface area contributed by atoms with Gasteiger partial charge in [-0.15, -0.1) is 0 Å². The van der Waals surface area contributed by atoms with Crippen LogP contribution in [0.5, 0.6) is 0 Å². The molecular formula is C17H16N2O. The molecule has 0 N–H and O–H groups in total. The van der Waals surface area contributed by atoms with Crippen molar-refractivity contribution in [3.05, 3.63) is 65.5 Å². The Morgan fingerprint density at radius 2 is 1.80 bits per heavy atom. The minimum absolute atomic E-state index is 0.0966. The van der Waals surface area contributed by atoms with E-state index in [9.17, 15) is 4.79 Å². The summed E-state index contributed by atoms with van der Waals surface area (Å²) in [5.41, 5.74) is 3.91. The molecule has 0 aliphatic carbocycles. The van der Waals surface area contributed by atoms with E-state index in [4.69, 9.17) is 0 Å². The lowest BCUT2D eigenvalue weighted by Gasteiger charge is -2.07. The molecule has 0 aliphatic heterocycles. The van der Waals surface area contributed by atoms with Crippen molar-refractivity contribution in [2.24, 2.45) is 7.05 Å². The summed E-state index contributed by atoms with van der Waals surface area (Å²) in [6.45, 7) is 1.60. The van der Waals surface area contributed by atoms with Gasteiger partial charge >= 0.3 is 0 Å². The summed E-state index contributed by atoms with van der Waals surface area (Å²) in [4.78, 5) is 16.3. The molecule has 2 aromatic carbocycles. The Labute approximate surface area is 117 Å². The zero-order valence-corrected chi connectivity index (χ0v) is 11.6. The minimum Gasteiger partial charge on any atom is -0.331 e. The number of aromatic nitrogens is 2. The fraction of sp³-hybridized carbons (Fsp3) is 0.176. The van der Waals surface area contributed by atoms with Crippen molar-refractivity contribution in [1.29, 1.82) is 0 Å². The van der Waals surface area contributed by atoms with E-state index >= 15 is 0 Å². The number of benzene rings is 2. The molecule has 1 heterocycles. The second-order valence-corrected chi connectivity index (χ2v) is 4.97. The summed E-state index contributed by atoms with van der Waals surface area (Å²) in [6.07, 6.45) is 0.668. The van der Waals surface area contributed by atoms with Gasteiger partial charge in [0.1, 0.15) is 5.82 Å². The third-order valence-corrected chi connectivity index (χ3v) is 3.62. The van der Waals surface area contributed by atoms with Crippen molar-refractivity contribution in [2.45, 2.75) is 13.3 Å². The van der Waals surface area contributed by atoms with Gasteiger partial charge in [-0.05, 0) is 24.6 Å². The van der Waals surface area contributed by atoms with Gasteiger partial charge in [-0.1, -0.05) is 36.4 Å². The standard InChI is InChI=1S/C17H16N2O/c1-12(20)14-8-4-3-7-13(14)11-17-18-15-9-5-6-10-16(15)19(17)2/h3-10H,11H2,1-2H3. The number of nitrogens with zero attached hydrogens (tertiary/aromatic N) is 2. The lowest BCUT2D eigenvalue weighted by Crippen LogP contribution is -2.04. The number of Topliss-reactive ketones (excluding diaryl/α,β-unsaturated/α-hetero) is 1. The Balaban J connectivity index is 2.06. The summed E-state index contributed by atoms with van der Waals surface area (Å²) in [5.74, 6) is 1.07. The molecule has 3 nitrogen and oxygen atoms in total. The van der Waals surface area contributed by atoms with E-state index in [0.717, 1.165) is 28.0 Å². The molecule has 0 spiro atoms. The lowest BCUT2D eigenvalue weighted by atomic mass is 10.0. The van der Waals surface area contributed by atoms with Crippen LogP contribution in [0, 0.1) is 0 Å². The molecule has 3 heteroatoms. The highest BCUT2D eigenvalue weighted by molar-refractivity contribution is 5.95. The molecule has 0 fully saturated rings. The molecule has 20 heavy (non-hydrogen) atoms. The highest BCUT2D eigenvalue weighted by Crippen LogP contribution is 2.19. The predicted octanol–water partition coefficient (Wildman–Crippen LogP) is 3.37. The second-order valence-electron chi connectivity index (χ2n) is 4.97. The predicted molar refractivity (Wildman–Crippen MR) is 80.0 cm³/mol. The van der Waals surface area contributed by atoms with E-state index < -0.39 is 0 Å². The maximum atomic E-state index is 11.7. The molecule has 0 aliphatic rings. The zero-order chi connectivity index (χ0) is 14.1. The van der Waals surface area contributed by atoms with E-state index in [1.54, 1.807) is 6.92 Å². The third-order valence-electron chi connectivity index (χ3n) is 3.62. The number of para-hydroxylation sites is 2. The molecule has 0 unspecified atom stereocenters. The van der Waals surface area contributed by atoms with Gasteiger partial charge in [0, 0.05) is 19.0 Å². The summed E-state index contributed by atoms with van der Waals surface area (Å²) in [5, 5.41) is 0. The van der Waals surface area contributed by atoms with Crippen molar-refractivity contribution in [2.75, 3.05) is 0 Å². The summed E-state index contributed by atoms with van der Waals surface area (Å²) in [7, 11) is 2.01. The highest BCUT2D eigenvalue weighted by atomic mass is 16.1. The van der Waals surface area contributed by atoms with Gasteiger partial charge in [0.2, 0.25) is 0 Å². The normalized spacial score (nSPS) is 10.9. The number of imidazole rings is 1. The first-order valence-corrected chi connectivity index (χ1v) is 6.66. The molecule has 3 rings (SSSR count). The van der Waals surface area contributed by atoms with E-state index in [1.165, 1.54) is 0 Å². The molecule has 0 atom stereocenters. The quantitative estimate of drug-likeness (QED) is 0.680. The monoisotopic (exact) mass is 264 g/mol. The number of hydrogen-bond donors (Lipinski definition) is 0. The van der Waals surface area contributed by atoms with E-state index in [2.05, 4.69) is 15.6 Å². The zero-order valence-electron chi connectivity index (χ0n) is 11.6. The summed E-state index contributed by atoms with van der Waals surface area (Å²) < 4.78 is 2.09. The van der Waals surface area contributed by atoms with Crippen LogP contribution in [-0.4, -0.2) is 15.3 Å². The molecule has 0 amide bonds. The van der Waals surface area contributed by atoms with Crippen LogP contribution in [0.15, 0.2) is 48.5 Å². The van der Waals surface area contributed by atoms with Crippen LogP contribution < -0.4 is 0 Å². The minimum atomic E-state index is 0.0966. The molecule has 100 valence electrons. The number of hydrogen-bond acceptors (Lipinski definition) is 2.